The lowest BCUT2D eigenvalue weighted by Gasteiger charge is -2.36. The van der Waals surface area contributed by atoms with Crippen LogP contribution in [0.2, 0.25) is 0 Å². The van der Waals surface area contributed by atoms with Crippen LogP contribution in [0.15, 0.2) is 24.8 Å². The third-order valence-corrected chi connectivity index (χ3v) is 5.37. The summed E-state index contributed by atoms with van der Waals surface area (Å²) in [7, 11) is 0. The molecule has 0 bridgehead atoms. The van der Waals surface area contributed by atoms with Crippen LogP contribution in [-0.4, -0.2) is 18.7 Å². The van der Waals surface area contributed by atoms with Gasteiger partial charge in [-0.2, -0.15) is 13.2 Å². The van der Waals surface area contributed by atoms with Gasteiger partial charge in [0.2, 0.25) is 6.10 Å². The van der Waals surface area contributed by atoms with Crippen LogP contribution >= 0.6 is 0 Å². The monoisotopic (exact) mass is 398 g/mol. The molecule has 2 rings (SSSR count). The topological polar surface area (TPSA) is 35.5 Å². The van der Waals surface area contributed by atoms with Crippen molar-refractivity contribution in [2.45, 2.75) is 65.2 Å². The molecule has 0 aliphatic carbocycles. The van der Waals surface area contributed by atoms with E-state index >= 15 is 0 Å². The Morgan fingerprint density at radius 2 is 2.00 bits per heavy atom. The van der Waals surface area contributed by atoms with Crippen LogP contribution in [0.25, 0.3) is 5.57 Å². The number of halogens is 3. The fraction of sp³-hybridized carbons (Fsp3) is 0.591. The summed E-state index contributed by atoms with van der Waals surface area (Å²) < 4.78 is 51.2. The zero-order valence-electron chi connectivity index (χ0n) is 16.8. The molecule has 1 heterocycles. The number of rotatable bonds is 8. The van der Waals surface area contributed by atoms with Gasteiger partial charge in [0.1, 0.15) is 5.75 Å². The minimum absolute atomic E-state index is 0.138. The highest BCUT2D eigenvalue weighted by molar-refractivity contribution is 5.84. The number of esters is 1. The van der Waals surface area contributed by atoms with Crippen molar-refractivity contribution in [2.24, 2.45) is 11.8 Å². The van der Waals surface area contributed by atoms with Crippen molar-refractivity contribution in [1.82, 2.24) is 0 Å². The van der Waals surface area contributed by atoms with Gasteiger partial charge in [0.25, 0.3) is 0 Å². The summed E-state index contributed by atoms with van der Waals surface area (Å²) in [5, 5.41) is 0. The van der Waals surface area contributed by atoms with Crippen molar-refractivity contribution < 1.29 is 27.4 Å². The quantitative estimate of drug-likeness (QED) is 0.485. The Hall–Kier alpha value is -1.98. The van der Waals surface area contributed by atoms with Gasteiger partial charge >= 0.3 is 12.1 Å². The Kier molecular flexibility index (Phi) is 7.55. The van der Waals surface area contributed by atoms with E-state index in [1.807, 2.05) is 0 Å². The van der Waals surface area contributed by atoms with E-state index in [1.54, 1.807) is 13.0 Å². The van der Waals surface area contributed by atoms with Crippen LogP contribution in [0.3, 0.4) is 0 Å². The van der Waals surface area contributed by atoms with Gasteiger partial charge in [-0.25, -0.2) is 4.79 Å². The molecule has 0 N–H and O–H groups in total. The lowest BCUT2D eigenvalue weighted by atomic mass is 9.78. The van der Waals surface area contributed by atoms with E-state index in [-0.39, 0.29) is 12.4 Å². The number of ether oxygens (including phenoxy) is 2. The lowest BCUT2D eigenvalue weighted by molar-refractivity contribution is -0.156. The summed E-state index contributed by atoms with van der Waals surface area (Å²) in [6, 6.07) is 3.89. The first-order valence-electron chi connectivity index (χ1n) is 9.97. The summed E-state index contributed by atoms with van der Waals surface area (Å²) in [4.78, 5) is 12.5. The second kappa shape index (κ2) is 9.48. The molecule has 0 saturated carbocycles. The van der Waals surface area contributed by atoms with Crippen LogP contribution in [0, 0.1) is 11.8 Å². The van der Waals surface area contributed by atoms with E-state index in [4.69, 9.17) is 9.47 Å². The van der Waals surface area contributed by atoms with E-state index in [1.165, 1.54) is 6.07 Å². The molecular weight excluding hydrogens is 369 g/mol. The Morgan fingerprint density at radius 1 is 1.29 bits per heavy atom. The molecule has 0 saturated heterocycles. The van der Waals surface area contributed by atoms with E-state index in [0.717, 1.165) is 31.7 Å². The standard InChI is InChI=1S/C22H29F3O3/c1-5-8-10-15(6-2)13-17-14(4)16-11-9-12-18(22(23,24)25)19(16)28-20(17)21(26)27-7-3/h9,11-12,15,17,20H,4-8,10,13H2,1-3H3/t15-,17+,20+/m1/s1. The molecule has 0 unspecified atom stereocenters. The predicted molar refractivity (Wildman–Crippen MR) is 103 cm³/mol. The third-order valence-electron chi connectivity index (χ3n) is 5.37. The number of benzene rings is 1. The minimum Gasteiger partial charge on any atom is -0.477 e. The third kappa shape index (κ3) is 4.89. The number of para-hydroxylation sites is 1. The maximum atomic E-state index is 13.5. The molecule has 28 heavy (non-hydrogen) atoms. The smallest absolute Gasteiger partial charge is 0.419 e. The van der Waals surface area contributed by atoms with Gasteiger partial charge in [0.05, 0.1) is 12.2 Å². The molecule has 0 aromatic heterocycles. The average Bonchev–Trinajstić information content (AvgIpc) is 2.65. The summed E-state index contributed by atoms with van der Waals surface area (Å²) in [5.74, 6) is -1.02. The maximum Gasteiger partial charge on any atom is 0.419 e. The van der Waals surface area contributed by atoms with Crippen LogP contribution in [0.5, 0.6) is 5.75 Å². The lowest BCUT2D eigenvalue weighted by Crippen LogP contribution is -2.41. The zero-order valence-corrected chi connectivity index (χ0v) is 16.8. The van der Waals surface area contributed by atoms with Gasteiger partial charge in [-0.15, -0.1) is 0 Å². The Labute approximate surface area is 164 Å². The molecule has 0 spiro atoms. The number of carbonyl (C=O) groups excluding carboxylic acids is 1. The normalized spacial score (nSPS) is 20.3. The van der Waals surface area contributed by atoms with Crippen molar-refractivity contribution in [1.29, 1.82) is 0 Å². The van der Waals surface area contributed by atoms with Crippen molar-refractivity contribution in [3.05, 3.63) is 35.9 Å². The van der Waals surface area contributed by atoms with Crippen LogP contribution < -0.4 is 4.74 Å². The van der Waals surface area contributed by atoms with Gasteiger partial charge in [-0.3, -0.25) is 0 Å². The van der Waals surface area contributed by atoms with E-state index in [0.29, 0.717) is 23.5 Å². The number of unbranched alkanes of at least 4 members (excludes halogenated alkanes) is 1. The predicted octanol–water partition coefficient (Wildman–Crippen LogP) is 6.27. The Bertz CT molecular complexity index is 697. The number of fused-ring (bicyclic) bond motifs is 1. The molecule has 0 radical (unpaired) electrons. The highest BCUT2D eigenvalue weighted by atomic mass is 19.4. The van der Waals surface area contributed by atoms with Gasteiger partial charge < -0.3 is 9.47 Å². The highest BCUT2D eigenvalue weighted by Crippen LogP contribution is 2.47. The SMILES string of the molecule is C=C1c2cccc(C(F)(F)F)c2O[C@H](C(=O)OCC)[C@H]1C[C@H](CC)CCCC. The van der Waals surface area contributed by atoms with Crippen molar-refractivity contribution >= 4 is 11.5 Å². The van der Waals surface area contributed by atoms with Gasteiger partial charge in [-0.1, -0.05) is 58.2 Å². The van der Waals surface area contributed by atoms with Crippen LogP contribution in [-0.2, 0) is 15.7 Å². The largest absolute Gasteiger partial charge is 0.477 e. The molecule has 0 fully saturated rings. The molecule has 1 aromatic rings. The Morgan fingerprint density at radius 3 is 2.57 bits per heavy atom. The zero-order chi connectivity index (χ0) is 20.9. The van der Waals surface area contributed by atoms with E-state index < -0.39 is 29.7 Å². The first-order chi connectivity index (χ1) is 13.2. The molecule has 6 heteroatoms. The number of hydrogen-bond acceptors (Lipinski definition) is 3. The number of carbonyl (C=O) groups is 1. The molecule has 1 aliphatic rings. The summed E-state index contributed by atoms with van der Waals surface area (Å²) in [6.07, 6.45) is -0.996. The van der Waals surface area contributed by atoms with Crippen molar-refractivity contribution in [3.63, 3.8) is 0 Å². The maximum absolute atomic E-state index is 13.5. The first kappa shape index (κ1) is 22.3. The second-order valence-electron chi connectivity index (χ2n) is 7.25. The van der Waals surface area contributed by atoms with E-state index in [2.05, 4.69) is 20.4 Å². The molecule has 0 amide bonds. The Balaban J connectivity index is 2.44. The second-order valence-corrected chi connectivity index (χ2v) is 7.25. The molecule has 3 atom stereocenters. The molecule has 1 aromatic carbocycles. The van der Waals surface area contributed by atoms with Gasteiger partial charge in [0, 0.05) is 11.5 Å². The van der Waals surface area contributed by atoms with Gasteiger partial charge in [0.15, 0.2) is 0 Å². The van der Waals surface area contributed by atoms with Crippen molar-refractivity contribution in [3.8, 4) is 5.75 Å². The minimum atomic E-state index is -4.58. The van der Waals surface area contributed by atoms with E-state index in [9.17, 15) is 18.0 Å². The molecular formula is C22H29F3O3. The first-order valence-corrected chi connectivity index (χ1v) is 9.97. The van der Waals surface area contributed by atoms with Crippen molar-refractivity contribution in [2.75, 3.05) is 6.61 Å². The fourth-order valence-electron chi connectivity index (χ4n) is 3.77. The molecule has 1 aliphatic heterocycles. The van der Waals surface area contributed by atoms with Crippen LogP contribution in [0.1, 0.15) is 64.0 Å². The van der Waals surface area contributed by atoms with Gasteiger partial charge in [-0.05, 0) is 30.9 Å². The number of hydrogen-bond donors (Lipinski definition) is 0. The summed E-state index contributed by atoms with van der Waals surface area (Å²) in [5.41, 5.74) is -0.0528. The van der Waals surface area contributed by atoms with Crippen LogP contribution in [0.4, 0.5) is 13.2 Å². The summed E-state index contributed by atoms with van der Waals surface area (Å²) >= 11 is 0. The fourth-order valence-corrected chi connectivity index (χ4v) is 3.77. The number of alkyl halides is 3. The highest BCUT2D eigenvalue weighted by Gasteiger charge is 2.44. The molecule has 156 valence electrons. The summed E-state index contributed by atoms with van der Waals surface area (Å²) in [6.45, 7) is 10.1. The average molecular weight is 398 g/mol. The molecule has 3 nitrogen and oxygen atoms in total.